The lowest BCUT2D eigenvalue weighted by molar-refractivity contribution is 0.494. The van der Waals surface area contributed by atoms with Crippen LogP contribution in [0.5, 0.6) is 0 Å². The largest absolute Gasteiger partial charge is 0.370 e. The van der Waals surface area contributed by atoms with E-state index >= 15 is 0 Å². The zero-order valence-corrected chi connectivity index (χ0v) is 13.2. The van der Waals surface area contributed by atoms with Gasteiger partial charge in [0.15, 0.2) is 0 Å². The van der Waals surface area contributed by atoms with Crippen LogP contribution in [0.1, 0.15) is 31.7 Å². The Balaban J connectivity index is 1.71. The summed E-state index contributed by atoms with van der Waals surface area (Å²) in [7, 11) is 0. The lowest BCUT2D eigenvalue weighted by atomic mass is 10.0. The van der Waals surface area contributed by atoms with Crippen LogP contribution in [0.3, 0.4) is 0 Å². The molecule has 0 radical (unpaired) electrons. The van der Waals surface area contributed by atoms with Crippen LogP contribution in [0.4, 0.5) is 5.69 Å². The van der Waals surface area contributed by atoms with Crippen molar-refractivity contribution >= 4 is 21.6 Å². The molecule has 0 amide bonds. The van der Waals surface area contributed by atoms with E-state index in [0.29, 0.717) is 0 Å². The summed E-state index contributed by atoms with van der Waals surface area (Å²) < 4.78 is 1.25. The van der Waals surface area contributed by atoms with Gasteiger partial charge in [0, 0.05) is 24.1 Å². The number of hydrogen-bond donors (Lipinski definition) is 1. The van der Waals surface area contributed by atoms with Crippen molar-refractivity contribution in [2.75, 3.05) is 24.5 Å². The summed E-state index contributed by atoms with van der Waals surface area (Å²) in [5.41, 5.74) is 2.74. The van der Waals surface area contributed by atoms with Gasteiger partial charge in [-0.15, -0.1) is 0 Å². The minimum atomic E-state index is 0.952. The minimum absolute atomic E-state index is 0.952. The molecule has 104 valence electrons. The normalized spacial score (nSPS) is 25.9. The molecule has 1 N–H and O–H groups in total. The molecule has 0 aromatic heterocycles. The first-order chi connectivity index (χ1) is 9.28. The number of halogens is 1. The van der Waals surface area contributed by atoms with Gasteiger partial charge in [-0.05, 0) is 64.8 Å². The van der Waals surface area contributed by atoms with Crippen molar-refractivity contribution in [3.8, 4) is 0 Å². The zero-order chi connectivity index (χ0) is 13.2. The van der Waals surface area contributed by atoms with Gasteiger partial charge in [0.05, 0.1) is 5.69 Å². The van der Waals surface area contributed by atoms with E-state index in [1.54, 1.807) is 0 Å². The summed E-state index contributed by atoms with van der Waals surface area (Å²) in [4.78, 5) is 2.58. The topological polar surface area (TPSA) is 15.3 Å². The van der Waals surface area contributed by atoms with Crippen LogP contribution in [-0.4, -0.2) is 19.6 Å². The Morgan fingerprint density at radius 1 is 1.26 bits per heavy atom. The number of fused-ring (bicyclic) bond motifs is 1. The van der Waals surface area contributed by atoms with Gasteiger partial charge in [0.25, 0.3) is 0 Å². The summed E-state index contributed by atoms with van der Waals surface area (Å²) >= 11 is 3.76. The summed E-state index contributed by atoms with van der Waals surface area (Å²) in [6, 6.07) is 6.82. The van der Waals surface area contributed by atoms with E-state index in [-0.39, 0.29) is 0 Å². The van der Waals surface area contributed by atoms with Crippen molar-refractivity contribution in [2.45, 2.75) is 32.7 Å². The van der Waals surface area contributed by atoms with Crippen molar-refractivity contribution in [2.24, 2.45) is 11.8 Å². The monoisotopic (exact) mass is 322 g/mol. The fraction of sp³-hybridized carbons (Fsp3) is 0.625. The van der Waals surface area contributed by atoms with Crippen LogP contribution in [0.25, 0.3) is 0 Å². The molecule has 2 atom stereocenters. The molecule has 1 aromatic rings. The molecule has 1 aromatic carbocycles. The van der Waals surface area contributed by atoms with Crippen LogP contribution in [-0.2, 0) is 6.54 Å². The van der Waals surface area contributed by atoms with Gasteiger partial charge in [0.2, 0.25) is 0 Å². The number of hydrogen-bond acceptors (Lipinski definition) is 2. The zero-order valence-electron chi connectivity index (χ0n) is 11.7. The van der Waals surface area contributed by atoms with Gasteiger partial charge in [0.1, 0.15) is 0 Å². The molecule has 3 rings (SSSR count). The van der Waals surface area contributed by atoms with E-state index in [1.807, 2.05) is 0 Å². The Bertz CT molecular complexity index is 434. The highest BCUT2D eigenvalue weighted by Crippen LogP contribution is 2.41. The third-order valence-electron chi connectivity index (χ3n) is 4.66. The third-order valence-corrected chi connectivity index (χ3v) is 5.29. The summed E-state index contributed by atoms with van der Waals surface area (Å²) in [5.74, 6) is 1.90. The fourth-order valence-corrected chi connectivity index (χ4v) is 4.29. The van der Waals surface area contributed by atoms with Crippen LogP contribution >= 0.6 is 15.9 Å². The second kappa shape index (κ2) is 5.84. The van der Waals surface area contributed by atoms with E-state index in [4.69, 9.17) is 0 Å². The van der Waals surface area contributed by atoms with Crippen molar-refractivity contribution in [1.29, 1.82) is 0 Å². The maximum absolute atomic E-state index is 3.76. The number of rotatable bonds is 4. The number of nitrogens with zero attached hydrogens (tertiary/aromatic N) is 1. The molecular formula is C16H23BrN2. The second-order valence-corrected chi connectivity index (χ2v) is 6.78. The van der Waals surface area contributed by atoms with E-state index in [2.05, 4.69) is 51.3 Å². The van der Waals surface area contributed by atoms with Crippen LogP contribution in [0, 0.1) is 11.8 Å². The molecule has 1 saturated carbocycles. The van der Waals surface area contributed by atoms with Crippen LogP contribution in [0.2, 0.25) is 0 Å². The maximum Gasteiger partial charge on any atom is 0.0511 e. The van der Waals surface area contributed by atoms with Crippen molar-refractivity contribution in [3.05, 3.63) is 28.2 Å². The highest BCUT2D eigenvalue weighted by Gasteiger charge is 2.36. The first-order valence-corrected chi connectivity index (χ1v) is 8.31. The minimum Gasteiger partial charge on any atom is -0.370 e. The Kier molecular flexibility index (Phi) is 4.13. The van der Waals surface area contributed by atoms with Gasteiger partial charge in [-0.25, -0.2) is 0 Å². The fourth-order valence-electron chi connectivity index (χ4n) is 3.62. The molecule has 3 heteroatoms. The van der Waals surface area contributed by atoms with Crippen molar-refractivity contribution < 1.29 is 0 Å². The van der Waals surface area contributed by atoms with E-state index in [1.165, 1.54) is 48.1 Å². The molecule has 0 bridgehead atoms. The number of benzene rings is 1. The third kappa shape index (κ3) is 2.82. The number of nitrogens with one attached hydrogen (secondary N) is 1. The lowest BCUT2D eigenvalue weighted by Gasteiger charge is -2.21. The molecular weight excluding hydrogens is 300 g/mol. The quantitative estimate of drug-likeness (QED) is 0.907. The van der Waals surface area contributed by atoms with E-state index in [0.717, 1.165) is 24.9 Å². The first-order valence-electron chi connectivity index (χ1n) is 7.52. The average molecular weight is 323 g/mol. The molecule has 1 saturated heterocycles. The molecule has 0 spiro atoms. The Morgan fingerprint density at radius 2 is 2.00 bits per heavy atom. The molecule has 2 aliphatic rings. The average Bonchev–Trinajstić information content (AvgIpc) is 2.97. The van der Waals surface area contributed by atoms with Crippen molar-refractivity contribution in [3.63, 3.8) is 0 Å². The Hall–Kier alpha value is -0.540. The highest BCUT2D eigenvalue weighted by atomic mass is 79.9. The van der Waals surface area contributed by atoms with Crippen molar-refractivity contribution in [1.82, 2.24) is 5.32 Å². The molecule has 2 nitrogen and oxygen atoms in total. The SMILES string of the molecule is CCNCc1ccc(N2CC3CCCC3C2)c(Br)c1. The standard InChI is InChI=1S/C16H23BrN2/c1-2-18-9-12-6-7-16(15(17)8-12)19-10-13-4-3-5-14(13)11-19/h6-8,13-14,18H,2-5,9-11H2,1H3. The van der Waals surface area contributed by atoms with Crippen LogP contribution in [0.15, 0.2) is 22.7 Å². The highest BCUT2D eigenvalue weighted by molar-refractivity contribution is 9.10. The predicted octanol–water partition coefficient (Wildman–Crippen LogP) is 3.79. The molecule has 1 aliphatic carbocycles. The molecule has 2 fully saturated rings. The van der Waals surface area contributed by atoms with E-state index in [9.17, 15) is 0 Å². The first kappa shape index (κ1) is 13.4. The van der Waals surface area contributed by atoms with E-state index < -0.39 is 0 Å². The summed E-state index contributed by atoms with van der Waals surface area (Å²) in [6.45, 7) is 6.65. The second-order valence-electron chi connectivity index (χ2n) is 5.92. The number of anilines is 1. The molecule has 1 aliphatic heterocycles. The van der Waals surface area contributed by atoms with Gasteiger partial charge in [-0.2, -0.15) is 0 Å². The lowest BCUT2D eigenvalue weighted by Crippen LogP contribution is -2.21. The molecule has 2 unspecified atom stereocenters. The predicted molar refractivity (Wildman–Crippen MR) is 84.6 cm³/mol. The summed E-state index contributed by atoms with van der Waals surface area (Å²) in [5, 5.41) is 3.38. The summed E-state index contributed by atoms with van der Waals surface area (Å²) in [6.07, 6.45) is 4.33. The Morgan fingerprint density at radius 3 is 2.63 bits per heavy atom. The molecule has 19 heavy (non-hydrogen) atoms. The smallest absolute Gasteiger partial charge is 0.0511 e. The van der Waals surface area contributed by atoms with Gasteiger partial charge in [-0.1, -0.05) is 19.4 Å². The van der Waals surface area contributed by atoms with Gasteiger partial charge >= 0.3 is 0 Å². The van der Waals surface area contributed by atoms with Gasteiger partial charge < -0.3 is 10.2 Å². The molecule has 1 heterocycles. The maximum atomic E-state index is 3.76. The van der Waals surface area contributed by atoms with Gasteiger partial charge in [-0.3, -0.25) is 0 Å². The Labute approximate surface area is 124 Å². The van der Waals surface area contributed by atoms with Crippen LogP contribution < -0.4 is 10.2 Å².